The smallest absolute Gasteiger partial charge is 0.136 e. The molecule has 2 rings (SSSR count). The first-order chi connectivity index (χ1) is 7.68. The molecule has 0 aliphatic heterocycles. The molecule has 0 saturated heterocycles. The molecule has 2 aromatic carbocycles. The van der Waals surface area contributed by atoms with E-state index in [4.69, 9.17) is 0 Å². The maximum Gasteiger partial charge on any atom is 0.136 e. The summed E-state index contributed by atoms with van der Waals surface area (Å²) in [7, 11) is 0. The average molecular weight is 212 g/mol. The summed E-state index contributed by atoms with van der Waals surface area (Å²) in [5.74, 6) is 0. The van der Waals surface area contributed by atoms with Crippen LogP contribution in [0.15, 0.2) is 48.5 Å². The fourth-order valence-electron chi connectivity index (χ4n) is 1.86. The molecule has 0 heterocycles. The van der Waals surface area contributed by atoms with Gasteiger partial charge in [-0.2, -0.15) is 0 Å². The number of hydrogen-bond acceptors (Lipinski definition) is 0. The van der Waals surface area contributed by atoms with Gasteiger partial charge in [-0.15, -0.1) is 0 Å². The lowest BCUT2D eigenvalue weighted by atomic mass is 9.96. The van der Waals surface area contributed by atoms with Gasteiger partial charge in [0, 0.05) is 11.1 Å². The largest absolute Gasteiger partial charge is 0.348 e. The Morgan fingerprint density at radius 1 is 0.812 bits per heavy atom. The van der Waals surface area contributed by atoms with Gasteiger partial charge in [-0.3, -0.25) is 0 Å². The Labute approximate surface area is 96.9 Å². The van der Waals surface area contributed by atoms with Crippen LogP contribution in [0.4, 0.5) is 0 Å². The monoisotopic (exact) mass is 212 g/mol. The quantitative estimate of drug-likeness (QED) is 0.792. The van der Waals surface area contributed by atoms with Gasteiger partial charge >= 0.3 is 0 Å². The SMILES string of the molecule is Cc1ccc([C@H]([NH3+])c2ccccc2)cc1C. The topological polar surface area (TPSA) is 27.6 Å². The minimum atomic E-state index is 0.223. The molecule has 1 nitrogen and oxygen atoms in total. The zero-order chi connectivity index (χ0) is 11.5. The molecule has 0 amide bonds. The molecule has 16 heavy (non-hydrogen) atoms. The third-order valence-corrected chi connectivity index (χ3v) is 3.14. The van der Waals surface area contributed by atoms with Crippen molar-refractivity contribution in [2.45, 2.75) is 19.9 Å². The Bertz CT molecular complexity index is 474. The van der Waals surface area contributed by atoms with Crippen LogP contribution in [-0.4, -0.2) is 0 Å². The molecule has 82 valence electrons. The van der Waals surface area contributed by atoms with Crippen molar-refractivity contribution in [3.05, 3.63) is 70.8 Å². The molecule has 1 heteroatoms. The van der Waals surface area contributed by atoms with E-state index in [9.17, 15) is 0 Å². The number of aryl methyl sites for hydroxylation is 2. The molecule has 0 aromatic heterocycles. The normalized spacial score (nSPS) is 12.4. The first-order valence-electron chi connectivity index (χ1n) is 5.63. The lowest BCUT2D eigenvalue weighted by molar-refractivity contribution is -0.411. The van der Waals surface area contributed by atoms with E-state index in [1.165, 1.54) is 22.3 Å². The fraction of sp³-hybridized carbons (Fsp3) is 0.200. The van der Waals surface area contributed by atoms with E-state index in [0.29, 0.717) is 0 Å². The Morgan fingerprint density at radius 3 is 2.12 bits per heavy atom. The molecular weight excluding hydrogens is 194 g/mol. The first kappa shape index (κ1) is 10.9. The van der Waals surface area contributed by atoms with Gasteiger partial charge in [-0.1, -0.05) is 42.5 Å². The van der Waals surface area contributed by atoms with Gasteiger partial charge in [0.2, 0.25) is 0 Å². The Hall–Kier alpha value is -1.60. The second kappa shape index (κ2) is 4.50. The van der Waals surface area contributed by atoms with Crippen molar-refractivity contribution in [3.8, 4) is 0 Å². The van der Waals surface area contributed by atoms with Gasteiger partial charge in [-0.05, 0) is 31.0 Å². The van der Waals surface area contributed by atoms with E-state index in [2.05, 4.69) is 62.0 Å². The third kappa shape index (κ3) is 2.15. The molecule has 0 unspecified atom stereocenters. The van der Waals surface area contributed by atoms with Crippen molar-refractivity contribution in [2.24, 2.45) is 0 Å². The maximum atomic E-state index is 4.25. The fourth-order valence-corrected chi connectivity index (χ4v) is 1.86. The maximum absolute atomic E-state index is 4.25. The van der Waals surface area contributed by atoms with Crippen molar-refractivity contribution >= 4 is 0 Å². The van der Waals surface area contributed by atoms with Crippen molar-refractivity contribution in [1.29, 1.82) is 0 Å². The highest BCUT2D eigenvalue weighted by Crippen LogP contribution is 2.19. The second-order valence-corrected chi connectivity index (χ2v) is 4.31. The van der Waals surface area contributed by atoms with Crippen molar-refractivity contribution in [1.82, 2.24) is 0 Å². The molecule has 3 N–H and O–H groups in total. The molecule has 0 fully saturated rings. The highest BCUT2D eigenvalue weighted by atomic mass is 14.6. The van der Waals surface area contributed by atoms with E-state index in [1.807, 2.05) is 6.07 Å². The summed E-state index contributed by atoms with van der Waals surface area (Å²) in [6.07, 6.45) is 0. The third-order valence-electron chi connectivity index (χ3n) is 3.14. The minimum absolute atomic E-state index is 0.223. The van der Waals surface area contributed by atoms with Crippen LogP contribution in [0.5, 0.6) is 0 Å². The predicted octanol–water partition coefficient (Wildman–Crippen LogP) is 2.63. The van der Waals surface area contributed by atoms with E-state index >= 15 is 0 Å². The van der Waals surface area contributed by atoms with Gasteiger partial charge < -0.3 is 5.73 Å². The van der Waals surface area contributed by atoms with Crippen LogP contribution in [0.3, 0.4) is 0 Å². The van der Waals surface area contributed by atoms with E-state index in [1.54, 1.807) is 0 Å². The van der Waals surface area contributed by atoms with Crippen LogP contribution >= 0.6 is 0 Å². The highest BCUT2D eigenvalue weighted by Gasteiger charge is 2.12. The van der Waals surface area contributed by atoms with Gasteiger partial charge in [0.1, 0.15) is 6.04 Å². The lowest BCUT2D eigenvalue weighted by Crippen LogP contribution is -2.54. The van der Waals surface area contributed by atoms with Gasteiger partial charge in [0.15, 0.2) is 0 Å². The van der Waals surface area contributed by atoms with Crippen molar-refractivity contribution in [2.75, 3.05) is 0 Å². The molecule has 1 atom stereocenters. The summed E-state index contributed by atoms with van der Waals surface area (Å²) < 4.78 is 0. The average Bonchev–Trinajstić information content (AvgIpc) is 2.33. The second-order valence-electron chi connectivity index (χ2n) is 4.31. The Morgan fingerprint density at radius 2 is 1.50 bits per heavy atom. The number of quaternary nitrogens is 1. The van der Waals surface area contributed by atoms with Crippen LogP contribution in [0.25, 0.3) is 0 Å². The van der Waals surface area contributed by atoms with Crippen LogP contribution in [-0.2, 0) is 0 Å². The zero-order valence-corrected chi connectivity index (χ0v) is 9.90. The summed E-state index contributed by atoms with van der Waals surface area (Å²) in [6.45, 7) is 4.29. The zero-order valence-electron chi connectivity index (χ0n) is 9.90. The minimum Gasteiger partial charge on any atom is -0.348 e. The number of hydrogen-bond donors (Lipinski definition) is 1. The molecule has 0 spiro atoms. The molecule has 0 aliphatic rings. The summed E-state index contributed by atoms with van der Waals surface area (Å²) >= 11 is 0. The van der Waals surface area contributed by atoms with Gasteiger partial charge in [-0.25, -0.2) is 0 Å². The summed E-state index contributed by atoms with van der Waals surface area (Å²) in [6, 6.07) is 17.2. The number of benzene rings is 2. The van der Waals surface area contributed by atoms with E-state index in [0.717, 1.165) is 0 Å². The van der Waals surface area contributed by atoms with Crippen LogP contribution in [0.1, 0.15) is 28.3 Å². The molecule has 0 saturated carbocycles. The van der Waals surface area contributed by atoms with E-state index < -0.39 is 0 Å². The standard InChI is InChI=1S/C15H17N/c1-11-8-9-14(10-12(11)2)15(16)13-6-4-3-5-7-13/h3-10,15H,16H2,1-2H3/p+1/t15-/m1/s1. The first-order valence-corrected chi connectivity index (χ1v) is 5.63. The molecule has 0 aliphatic carbocycles. The molecule has 2 aromatic rings. The Balaban J connectivity index is 2.34. The molecular formula is C15H18N+. The number of rotatable bonds is 2. The summed E-state index contributed by atoms with van der Waals surface area (Å²) in [5, 5.41) is 0. The molecule has 0 bridgehead atoms. The molecule has 0 radical (unpaired) electrons. The predicted molar refractivity (Wildman–Crippen MR) is 67.1 cm³/mol. The van der Waals surface area contributed by atoms with E-state index in [-0.39, 0.29) is 6.04 Å². The van der Waals surface area contributed by atoms with Crippen molar-refractivity contribution in [3.63, 3.8) is 0 Å². The summed E-state index contributed by atoms with van der Waals surface area (Å²) in [4.78, 5) is 0. The van der Waals surface area contributed by atoms with Gasteiger partial charge in [0.25, 0.3) is 0 Å². The van der Waals surface area contributed by atoms with Crippen LogP contribution in [0, 0.1) is 13.8 Å². The van der Waals surface area contributed by atoms with Crippen LogP contribution < -0.4 is 5.73 Å². The van der Waals surface area contributed by atoms with Crippen molar-refractivity contribution < 1.29 is 5.73 Å². The highest BCUT2D eigenvalue weighted by molar-refractivity contribution is 5.35. The Kier molecular flexibility index (Phi) is 3.07. The lowest BCUT2D eigenvalue weighted by Gasteiger charge is -2.11. The van der Waals surface area contributed by atoms with Crippen LogP contribution in [0.2, 0.25) is 0 Å². The van der Waals surface area contributed by atoms with Gasteiger partial charge in [0.05, 0.1) is 0 Å². The summed E-state index contributed by atoms with van der Waals surface area (Å²) in [5.41, 5.74) is 9.48.